The molecule has 1 atom stereocenters. The fourth-order valence-corrected chi connectivity index (χ4v) is 4.97. The Morgan fingerprint density at radius 3 is 2.56 bits per heavy atom. The van der Waals surface area contributed by atoms with Crippen LogP contribution in [0.25, 0.3) is 0 Å². The van der Waals surface area contributed by atoms with Crippen molar-refractivity contribution in [2.45, 2.75) is 23.1 Å². The lowest BCUT2D eigenvalue weighted by Gasteiger charge is -2.25. The first-order valence-electron chi connectivity index (χ1n) is 5.40. The quantitative estimate of drug-likeness (QED) is 0.899. The van der Waals surface area contributed by atoms with Crippen molar-refractivity contribution >= 4 is 45.4 Å². The van der Waals surface area contributed by atoms with Gasteiger partial charge in [0, 0.05) is 19.6 Å². The summed E-state index contributed by atoms with van der Waals surface area (Å²) in [6.07, 6.45) is 2.12. The van der Waals surface area contributed by atoms with Crippen LogP contribution >= 0.6 is 35.3 Å². The van der Waals surface area contributed by atoms with Gasteiger partial charge in [-0.15, -0.1) is 23.7 Å². The van der Waals surface area contributed by atoms with Gasteiger partial charge in [-0.05, 0) is 30.9 Å². The monoisotopic (exact) mass is 330 g/mol. The van der Waals surface area contributed by atoms with Gasteiger partial charge in [-0.25, -0.2) is 8.42 Å². The maximum atomic E-state index is 12.3. The molecule has 0 radical (unpaired) electrons. The van der Waals surface area contributed by atoms with Crippen LogP contribution in [0, 0.1) is 5.92 Å². The molecule has 4 nitrogen and oxygen atoms in total. The molecule has 0 bridgehead atoms. The SMILES string of the molecule is CN(C(CN)C1CC1)S(=O)(=O)c1ccc(Cl)s1.Cl. The van der Waals surface area contributed by atoms with Crippen molar-refractivity contribution in [2.75, 3.05) is 13.6 Å². The number of nitrogens with zero attached hydrogens (tertiary/aromatic N) is 1. The van der Waals surface area contributed by atoms with Crippen molar-refractivity contribution in [3.63, 3.8) is 0 Å². The van der Waals surface area contributed by atoms with Crippen LogP contribution < -0.4 is 5.73 Å². The Kier molecular flexibility index (Phi) is 5.46. The van der Waals surface area contributed by atoms with Gasteiger partial charge in [0.25, 0.3) is 10.0 Å². The first kappa shape index (κ1) is 16.2. The zero-order chi connectivity index (χ0) is 12.6. The Morgan fingerprint density at radius 2 is 2.17 bits per heavy atom. The molecule has 0 aromatic carbocycles. The van der Waals surface area contributed by atoms with Gasteiger partial charge in [0.1, 0.15) is 4.21 Å². The molecule has 2 rings (SSSR count). The summed E-state index contributed by atoms with van der Waals surface area (Å²) in [5.74, 6) is 0.412. The van der Waals surface area contributed by atoms with Crippen LogP contribution in [0.15, 0.2) is 16.3 Å². The zero-order valence-electron chi connectivity index (χ0n) is 9.87. The van der Waals surface area contributed by atoms with Gasteiger partial charge < -0.3 is 5.73 Å². The van der Waals surface area contributed by atoms with E-state index in [1.165, 1.54) is 4.31 Å². The summed E-state index contributed by atoms with van der Waals surface area (Å²) in [6.45, 7) is 0.361. The van der Waals surface area contributed by atoms with Gasteiger partial charge in [0.2, 0.25) is 0 Å². The predicted molar refractivity (Wildman–Crippen MR) is 77.1 cm³/mol. The smallest absolute Gasteiger partial charge is 0.252 e. The van der Waals surface area contributed by atoms with Crippen LogP contribution in [0.2, 0.25) is 4.34 Å². The van der Waals surface area contributed by atoms with Crippen LogP contribution in [-0.4, -0.2) is 32.4 Å². The zero-order valence-corrected chi connectivity index (χ0v) is 13.1. The van der Waals surface area contributed by atoms with E-state index in [9.17, 15) is 8.42 Å². The highest BCUT2D eigenvalue weighted by molar-refractivity contribution is 7.91. The summed E-state index contributed by atoms with van der Waals surface area (Å²) in [5, 5.41) is 0. The standard InChI is InChI=1S/C10H15ClN2O2S2.ClH/c1-13(8(6-12)7-2-3-7)17(14,15)10-5-4-9(11)16-10;/h4-5,7-8H,2-3,6,12H2,1H3;1H. The maximum Gasteiger partial charge on any atom is 0.252 e. The van der Waals surface area contributed by atoms with Crippen LogP contribution in [0.5, 0.6) is 0 Å². The molecule has 0 amide bonds. The largest absolute Gasteiger partial charge is 0.329 e. The van der Waals surface area contributed by atoms with Gasteiger partial charge in [-0.1, -0.05) is 11.6 Å². The number of thiophene rings is 1. The number of halogens is 2. The van der Waals surface area contributed by atoms with Crippen LogP contribution in [0.1, 0.15) is 12.8 Å². The Labute approximate surface area is 123 Å². The third kappa shape index (κ3) is 3.18. The molecular formula is C10H16Cl2N2O2S2. The number of rotatable bonds is 5. The topological polar surface area (TPSA) is 63.4 Å². The van der Waals surface area contributed by atoms with Gasteiger partial charge in [-0.2, -0.15) is 4.31 Å². The molecule has 1 aromatic rings. The van der Waals surface area contributed by atoms with Gasteiger partial charge >= 0.3 is 0 Å². The van der Waals surface area contributed by atoms with Crippen molar-refractivity contribution in [2.24, 2.45) is 11.7 Å². The van der Waals surface area contributed by atoms with E-state index in [2.05, 4.69) is 0 Å². The van der Waals surface area contributed by atoms with E-state index < -0.39 is 10.0 Å². The minimum absolute atomic E-state index is 0. The van der Waals surface area contributed by atoms with Gasteiger partial charge in [0.15, 0.2) is 0 Å². The molecule has 1 unspecified atom stereocenters. The van der Waals surface area contributed by atoms with Crippen molar-refractivity contribution in [1.82, 2.24) is 4.31 Å². The van der Waals surface area contributed by atoms with E-state index in [1.54, 1.807) is 19.2 Å². The van der Waals surface area contributed by atoms with Crippen LogP contribution in [-0.2, 0) is 10.0 Å². The summed E-state index contributed by atoms with van der Waals surface area (Å²) in [7, 11) is -1.85. The van der Waals surface area contributed by atoms with Crippen LogP contribution in [0.4, 0.5) is 0 Å². The van der Waals surface area contributed by atoms with Gasteiger partial charge in [-0.3, -0.25) is 0 Å². The second-order valence-electron chi connectivity index (χ2n) is 4.22. The number of hydrogen-bond donors (Lipinski definition) is 1. The minimum Gasteiger partial charge on any atom is -0.329 e. The Balaban J connectivity index is 0.00000162. The molecule has 8 heteroatoms. The summed E-state index contributed by atoms with van der Waals surface area (Å²) in [6, 6.07) is 3.04. The third-order valence-electron chi connectivity index (χ3n) is 3.06. The molecule has 0 aliphatic heterocycles. The first-order chi connectivity index (χ1) is 7.96. The summed E-state index contributed by atoms with van der Waals surface area (Å²) >= 11 is 6.85. The van der Waals surface area contributed by atoms with Gasteiger partial charge in [0.05, 0.1) is 4.34 Å². The van der Waals surface area contributed by atoms with Crippen molar-refractivity contribution in [3.8, 4) is 0 Å². The summed E-state index contributed by atoms with van der Waals surface area (Å²) in [5.41, 5.74) is 5.67. The highest BCUT2D eigenvalue weighted by Crippen LogP contribution is 2.37. The normalized spacial score (nSPS) is 17.6. The second kappa shape index (κ2) is 6.07. The highest BCUT2D eigenvalue weighted by Gasteiger charge is 2.38. The second-order valence-corrected chi connectivity index (χ2v) is 8.16. The molecule has 1 saturated carbocycles. The fraction of sp³-hybridized carbons (Fsp3) is 0.600. The lowest BCUT2D eigenvalue weighted by molar-refractivity contribution is 0.341. The summed E-state index contributed by atoms with van der Waals surface area (Å²) in [4.78, 5) is 0. The van der Waals surface area contributed by atoms with E-state index in [0.717, 1.165) is 24.2 Å². The summed E-state index contributed by atoms with van der Waals surface area (Å²) < 4.78 is 26.8. The third-order valence-corrected chi connectivity index (χ3v) is 6.64. The Morgan fingerprint density at radius 1 is 1.56 bits per heavy atom. The number of nitrogens with two attached hydrogens (primary N) is 1. The molecule has 1 fully saturated rings. The van der Waals surface area contributed by atoms with E-state index in [0.29, 0.717) is 16.8 Å². The van der Waals surface area contributed by atoms with Crippen molar-refractivity contribution in [1.29, 1.82) is 0 Å². The van der Waals surface area contributed by atoms with E-state index in [-0.39, 0.29) is 22.7 Å². The molecule has 1 aromatic heterocycles. The average molecular weight is 331 g/mol. The first-order valence-corrected chi connectivity index (χ1v) is 8.03. The van der Waals surface area contributed by atoms with Crippen molar-refractivity contribution in [3.05, 3.63) is 16.5 Å². The fourth-order valence-electron chi connectivity index (χ4n) is 1.88. The Hall–Kier alpha value is 0.150. The molecule has 1 heterocycles. The lowest BCUT2D eigenvalue weighted by Crippen LogP contribution is -2.42. The molecule has 104 valence electrons. The molecule has 2 N–H and O–H groups in total. The maximum absolute atomic E-state index is 12.3. The minimum atomic E-state index is -3.45. The molecule has 0 spiro atoms. The van der Waals surface area contributed by atoms with E-state index in [1.807, 2.05) is 0 Å². The average Bonchev–Trinajstić information content (AvgIpc) is 3.01. The molecule has 1 aliphatic rings. The number of hydrogen-bond acceptors (Lipinski definition) is 4. The Bertz CT molecular complexity index is 500. The predicted octanol–water partition coefficient (Wildman–Crippen LogP) is 2.18. The lowest BCUT2D eigenvalue weighted by atomic mass is 10.2. The van der Waals surface area contributed by atoms with E-state index in [4.69, 9.17) is 17.3 Å². The number of sulfonamides is 1. The van der Waals surface area contributed by atoms with E-state index >= 15 is 0 Å². The molecule has 0 saturated heterocycles. The molecule has 1 aliphatic carbocycles. The number of likely N-dealkylation sites (N-methyl/N-ethyl adjacent to an activating group) is 1. The molecular weight excluding hydrogens is 315 g/mol. The van der Waals surface area contributed by atoms with Crippen LogP contribution in [0.3, 0.4) is 0 Å². The highest BCUT2D eigenvalue weighted by atomic mass is 35.5. The van der Waals surface area contributed by atoms with Crippen molar-refractivity contribution < 1.29 is 8.42 Å². The molecule has 18 heavy (non-hydrogen) atoms.